The summed E-state index contributed by atoms with van der Waals surface area (Å²) in [6.45, 7) is 1.69. The molecule has 0 aromatic heterocycles. The smallest absolute Gasteiger partial charge is 0.122 e. The summed E-state index contributed by atoms with van der Waals surface area (Å²) < 4.78 is 5.73. The van der Waals surface area contributed by atoms with Gasteiger partial charge in [0.2, 0.25) is 0 Å². The largest absolute Gasteiger partial charge is 0.384 e. The first-order valence-corrected chi connectivity index (χ1v) is 6.92. The van der Waals surface area contributed by atoms with Crippen LogP contribution in [0.4, 0.5) is 5.69 Å². The van der Waals surface area contributed by atoms with Crippen molar-refractivity contribution >= 4 is 23.1 Å². The third-order valence-corrected chi connectivity index (χ3v) is 3.72. The Hall–Kier alpha value is -1.26. The Morgan fingerprint density at radius 3 is 2.89 bits per heavy atom. The minimum Gasteiger partial charge on any atom is -0.384 e. The van der Waals surface area contributed by atoms with Gasteiger partial charge in [0.1, 0.15) is 5.84 Å². The second-order valence-electron chi connectivity index (χ2n) is 4.95. The highest BCUT2D eigenvalue weighted by Crippen LogP contribution is 2.27. The summed E-state index contributed by atoms with van der Waals surface area (Å²) in [6, 6.07) is 5.46. The number of benzene rings is 1. The van der Waals surface area contributed by atoms with E-state index in [9.17, 15) is 0 Å². The maximum atomic E-state index is 7.40. The average Bonchev–Trinajstić information content (AvgIpc) is 2.39. The Morgan fingerprint density at radius 1 is 1.53 bits per heavy atom. The van der Waals surface area contributed by atoms with Gasteiger partial charge in [-0.2, -0.15) is 0 Å². The summed E-state index contributed by atoms with van der Waals surface area (Å²) in [5.74, 6) is 0.0340. The van der Waals surface area contributed by atoms with Gasteiger partial charge in [-0.05, 0) is 37.5 Å². The molecule has 1 fully saturated rings. The highest BCUT2D eigenvalue weighted by Gasteiger charge is 2.17. The number of nitrogens with two attached hydrogens (primary N) is 1. The minimum atomic E-state index is 0.0340. The molecule has 1 aromatic carbocycles. The standard InChI is InChI=1S/C14H20ClN3O/c1-18(9-11-4-2-3-7-19-11)13-6-5-10(14(16)17)8-12(13)15/h5-6,8,11H,2-4,7,9H2,1H3,(H3,16,17). The number of halogens is 1. The van der Waals surface area contributed by atoms with Gasteiger partial charge in [0.05, 0.1) is 16.8 Å². The zero-order chi connectivity index (χ0) is 13.8. The van der Waals surface area contributed by atoms with Gasteiger partial charge in [-0.3, -0.25) is 5.41 Å². The number of nitrogens with one attached hydrogen (secondary N) is 1. The lowest BCUT2D eigenvalue weighted by atomic mass is 10.1. The van der Waals surface area contributed by atoms with Crippen molar-refractivity contribution < 1.29 is 4.74 Å². The molecule has 0 spiro atoms. The topological polar surface area (TPSA) is 62.3 Å². The molecule has 19 heavy (non-hydrogen) atoms. The molecular weight excluding hydrogens is 262 g/mol. The molecule has 0 bridgehead atoms. The first-order valence-electron chi connectivity index (χ1n) is 6.54. The van der Waals surface area contributed by atoms with Crippen molar-refractivity contribution in [2.75, 3.05) is 25.1 Å². The lowest BCUT2D eigenvalue weighted by molar-refractivity contribution is 0.0216. The van der Waals surface area contributed by atoms with Gasteiger partial charge >= 0.3 is 0 Å². The number of hydrogen-bond acceptors (Lipinski definition) is 3. The van der Waals surface area contributed by atoms with Crippen LogP contribution in [0.25, 0.3) is 0 Å². The third kappa shape index (κ3) is 3.61. The van der Waals surface area contributed by atoms with Crippen LogP contribution in [-0.4, -0.2) is 32.1 Å². The predicted octanol–water partition coefficient (Wildman–Crippen LogP) is 2.63. The van der Waals surface area contributed by atoms with Crippen LogP contribution >= 0.6 is 11.6 Å². The second-order valence-corrected chi connectivity index (χ2v) is 5.36. The summed E-state index contributed by atoms with van der Waals surface area (Å²) in [5, 5.41) is 8.02. The Balaban J connectivity index is 2.05. The van der Waals surface area contributed by atoms with Gasteiger partial charge in [-0.25, -0.2) is 0 Å². The highest BCUT2D eigenvalue weighted by atomic mass is 35.5. The zero-order valence-corrected chi connectivity index (χ0v) is 11.9. The SMILES string of the molecule is CN(CC1CCCCO1)c1ccc(C(=N)N)cc1Cl. The Bertz CT molecular complexity index is 458. The Labute approximate surface area is 119 Å². The van der Waals surface area contributed by atoms with E-state index in [2.05, 4.69) is 4.90 Å². The van der Waals surface area contributed by atoms with Crippen LogP contribution in [0.1, 0.15) is 24.8 Å². The number of anilines is 1. The number of nitrogen functional groups attached to an aromatic ring is 1. The van der Waals surface area contributed by atoms with Gasteiger partial charge in [-0.1, -0.05) is 11.6 Å². The van der Waals surface area contributed by atoms with E-state index in [4.69, 9.17) is 27.5 Å². The van der Waals surface area contributed by atoms with Gasteiger partial charge in [0, 0.05) is 25.8 Å². The molecule has 2 rings (SSSR count). The van der Waals surface area contributed by atoms with Crippen molar-refractivity contribution in [3.63, 3.8) is 0 Å². The first kappa shape index (κ1) is 14.2. The fourth-order valence-corrected chi connectivity index (χ4v) is 2.66. The van der Waals surface area contributed by atoms with Crippen LogP contribution < -0.4 is 10.6 Å². The van der Waals surface area contributed by atoms with E-state index in [1.165, 1.54) is 6.42 Å². The van der Waals surface area contributed by atoms with E-state index >= 15 is 0 Å². The van der Waals surface area contributed by atoms with Crippen molar-refractivity contribution in [2.24, 2.45) is 5.73 Å². The summed E-state index contributed by atoms with van der Waals surface area (Å²) >= 11 is 6.25. The number of rotatable bonds is 4. The molecule has 1 atom stereocenters. The summed E-state index contributed by atoms with van der Waals surface area (Å²) in [6.07, 6.45) is 3.78. The fraction of sp³-hybridized carbons (Fsp3) is 0.500. The molecule has 104 valence electrons. The van der Waals surface area contributed by atoms with Gasteiger partial charge in [0.15, 0.2) is 0 Å². The number of likely N-dealkylation sites (N-methyl/N-ethyl adjacent to an activating group) is 1. The van der Waals surface area contributed by atoms with Crippen molar-refractivity contribution in [3.05, 3.63) is 28.8 Å². The Morgan fingerprint density at radius 2 is 2.32 bits per heavy atom. The molecular formula is C14H20ClN3O. The van der Waals surface area contributed by atoms with E-state index in [1.807, 2.05) is 19.2 Å². The van der Waals surface area contributed by atoms with Crippen molar-refractivity contribution in [3.8, 4) is 0 Å². The minimum absolute atomic E-state index is 0.0340. The van der Waals surface area contributed by atoms with Crippen LogP contribution in [0.5, 0.6) is 0 Å². The molecule has 0 radical (unpaired) electrons. The Kier molecular flexibility index (Phi) is 4.66. The van der Waals surface area contributed by atoms with E-state index in [-0.39, 0.29) is 11.9 Å². The molecule has 0 amide bonds. The summed E-state index contributed by atoms with van der Waals surface area (Å²) in [7, 11) is 2.01. The van der Waals surface area contributed by atoms with Crippen molar-refractivity contribution in [1.82, 2.24) is 0 Å². The molecule has 3 N–H and O–H groups in total. The van der Waals surface area contributed by atoms with E-state index in [1.54, 1.807) is 6.07 Å². The summed E-state index contributed by atoms with van der Waals surface area (Å²) in [5.41, 5.74) is 7.04. The first-order chi connectivity index (χ1) is 9.08. The van der Waals surface area contributed by atoms with Gasteiger partial charge in [0.25, 0.3) is 0 Å². The molecule has 1 aromatic rings. The molecule has 1 heterocycles. The lowest BCUT2D eigenvalue weighted by Crippen LogP contribution is -2.33. The maximum absolute atomic E-state index is 7.40. The predicted molar refractivity (Wildman–Crippen MR) is 79.3 cm³/mol. The number of nitrogens with zero attached hydrogens (tertiary/aromatic N) is 1. The maximum Gasteiger partial charge on any atom is 0.122 e. The number of amidine groups is 1. The average molecular weight is 282 g/mol. The van der Waals surface area contributed by atoms with Crippen molar-refractivity contribution in [1.29, 1.82) is 5.41 Å². The van der Waals surface area contributed by atoms with Crippen molar-refractivity contribution in [2.45, 2.75) is 25.4 Å². The lowest BCUT2D eigenvalue weighted by Gasteiger charge is -2.29. The molecule has 0 aliphatic carbocycles. The van der Waals surface area contributed by atoms with Gasteiger partial charge in [-0.15, -0.1) is 0 Å². The van der Waals surface area contributed by atoms with E-state index in [0.717, 1.165) is 31.7 Å². The van der Waals surface area contributed by atoms with Crippen LogP contribution in [0.15, 0.2) is 18.2 Å². The van der Waals surface area contributed by atoms with Gasteiger partial charge < -0.3 is 15.4 Å². The molecule has 5 heteroatoms. The molecule has 1 saturated heterocycles. The van der Waals surface area contributed by atoms with Crippen LogP contribution in [0.2, 0.25) is 5.02 Å². The van der Waals surface area contributed by atoms with E-state index in [0.29, 0.717) is 10.6 Å². The molecule has 1 unspecified atom stereocenters. The second kappa shape index (κ2) is 6.26. The van der Waals surface area contributed by atoms with Crippen LogP contribution in [0, 0.1) is 5.41 Å². The monoisotopic (exact) mass is 281 g/mol. The molecule has 4 nitrogen and oxygen atoms in total. The van der Waals surface area contributed by atoms with E-state index < -0.39 is 0 Å². The van der Waals surface area contributed by atoms with Crippen LogP contribution in [0.3, 0.4) is 0 Å². The normalized spacial score (nSPS) is 19.2. The number of ether oxygens (including phenoxy) is 1. The fourth-order valence-electron chi connectivity index (χ4n) is 2.34. The molecule has 1 aliphatic heterocycles. The zero-order valence-electron chi connectivity index (χ0n) is 11.2. The molecule has 1 aliphatic rings. The third-order valence-electron chi connectivity index (χ3n) is 3.42. The molecule has 0 saturated carbocycles. The van der Waals surface area contributed by atoms with Crippen LogP contribution in [-0.2, 0) is 4.74 Å². The quantitative estimate of drug-likeness (QED) is 0.659. The highest BCUT2D eigenvalue weighted by molar-refractivity contribution is 6.33. The number of hydrogen-bond donors (Lipinski definition) is 2. The summed E-state index contributed by atoms with van der Waals surface area (Å²) in [4.78, 5) is 2.10.